The molecule has 6 fully saturated rings. The predicted molar refractivity (Wildman–Crippen MR) is 118 cm³/mol. The third-order valence-electron chi connectivity index (χ3n) is 9.32. The predicted octanol–water partition coefficient (Wildman–Crippen LogP) is 2.02. The fourth-order valence-electron chi connectivity index (χ4n) is 7.30. The quantitative estimate of drug-likeness (QED) is 0.502. The van der Waals surface area contributed by atoms with Crippen molar-refractivity contribution in [1.29, 1.82) is 5.41 Å². The maximum atomic E-state index is 12.3. The average Bonchev–Trinajstić information content (AvgIpc) is 3.62. The van der Waals surface area contributed by atoms with Crippen molar-refractivity contribution in [3.05, 3.63) is 23.3 Å². The number of rotatable bonds is 6. The molecule has 9 heteroatoms. The Kier molecular flexibility index (Phi) is 3.90. The van der Waals surface area contributed by atoms with E-state index in [9.17, 15) is 8.42 Å². The smallest absolute Gasteiger partial charge is 0.325 e. The summed E-state index contributed by atoms with van der Waals surface area (Å²) in [6, 6.07) is 1.69. The molecule has 0 aromatic carbocycles. The van der Waals surface area contributed by atoms with E-state index in [4.69, 9.17) is 15.9 Å². The van der Waals surface area contributed by atoms with Gasteiger partial charge in [0.05, 0.1) is 6.61 Å². The van der Waals surface area contributed by atoms with Crippen LogP contribution >= 0.6 is 0 Å². The van der Waals surface area contributed by atoms with Crippen molar-refractivity contribution in [1.82, 2.24) is 8.87 Å². The summed E-state index contributed by atoms with van der Waals surface area (Å²) in [5.74, 6) is 5.51. The molecule has 0 radical (unpaired) electrons. The van der Waals surface area contributed by atoms with Gasteiger partial charge < -0.3 is 10.5 Å². The van der Waals surface area contributed by atoms with Gasteiger partial charge in [0.1, 0.15) is 11.2 Å². The van der Waals surface area contributed by atoms with Crippen molar-refractivity contribution in [2.75, 3.05) is 19.7 Å². The minimum absolute atomic E-state index is 0.0912. The molecule has 2 heterocycles. The Labute approximate surface area is 188 Å². The molecule has 6 aliphatic rings. The molecular formula is C23H31N5O3S. The first-order chi connectivity index (χ1) is 15.4. The second-order valence-corrected chi connectivity index (χ2v) is 12.7. The van der Waals surface area contributed by atoms with Crippen LogP contribution in [0.1, 0.15) is 56.4 Å². The van der Waals surface area contributed by atoms with E-state index < -0.39 is 10.2 Å². The summed E-state index contributed by atoms with van der Waals surface area (Å²) in [7, 11) is -3.79. The van der Waals surface area contributed by atoms with E-state index >= 15 is 0 Å². The van der Waals surface area contributed by atoms with Gasteiger partial charge >= 0.3 is 10.2 Å². The molecule has 172 valence electrons. The Hall–Kier alpha value is -1.87. The lowest BCUT2D eigenvalue weighted by Gasteiger charge is -2.27. The molecule has 4 atom stereocenters. The summed E-state index contributed by atoms with van der Waals surface area (Å²) < 4.78 is 37.5. The molecule has 0 bridgehead atoms. The van der Waals surface area contributed by atoms with Crippen LogP contribution in [0.15, 0.2) is 16.7 Å². The van der Waals surface area contributed by atoms with E-state index in [1.165, 1.54) is 34.6 Å². The summed E-state index contributed by atoms with van der Waals surface area (Å²) in [5.41, 5.74) is 7.97. The standard InChI is InChI=1S/C23H31N5O3S/c24-21-8-20(31-12-13-6-15-16(7-13)19-10-23(19)9-18(15)23)17(14-2-3-14)11-28(21)22(25)26-32(29,30)27-4-1-5-27/h8,11,13-16,18-19,24H,1-7,9-10,12H2,(H2,25,26). The van der Waals surface area contributed by atoms with Gasteiger partial charge in [0.2, 0.25) is 5.96 Å². The summed E-state index contributed by atoms with van der Waals surface area (Å²) in [5, 5.41) is 8.44. The van der Waals surface area contributed by atoms with E-state index in [1.54, 1.807) is 12.3 Å². The zero-order valence-electron chi connectivity index (χ0n) is 18.2. The first-order valence-corrected chi connectivity index (χ1v) is 13.6. The van der Waals surface area contributed by atoms with E-state index in [0.717, 1.165) is 66.3 Å². The Morgan fingerprint density at radius 2 is 1.91 bits per heavy atom. The molecule has 1 aliphatic heterocycles. The second-order valence-electron chi connectivity index (χ2n) is 11.1. The van der Waals surface area contributed by atoms with Crippen molar-refractivity contribution in [2.45, 2.75) is 50.9 Å². The molecule has 8 nitrogen and oxygen atoms in total. The van der Waals surface area contributed by atoms with Crippen LogP contribution in [0.2, 0.25) is 0 Å². The molecule has 4 unspecified atom stereocenters. The lowest BCUT2D eigenvalue weighted by Crippen LogP contribution is -2.43. The van der Waals surface area contributed by atoms with Crippen LogP contribution in [0.25, 0.3) is 0 Å². The van der Waals surface area contributed by atoms with Crippen molar-refractivity contribution in [2.24, 2.45) is 45.1 Å². The van der Waals surface area contributed by atoms with E-state index in [-0.39, 0.29) is 11.4 Å². The molecule has 32 heavy (non-hydrogen) atoms. The van der Waals surface area contributed by atoms with E-state index in [0.29, 0.717) is 24.9 Å². The summed E-state index contributed by atoms with van der Waals surface area (Å²) in [4.78, 5) is 0. The lowest BCUT2D eigenvalue weighted by molar-refractivity contribution is 0.240. The topological polar surface area (TPSA) is 114 Å². The van der Waals surface area contributed by atoms with Crippen LogP contribution < -0.4 is 16.0 Å². The molecular weight excluding hydrogens is 426 g/mol. The molecule has 7 rings (SSSR count). The fourth-order valence-corrected chi connectivity index (χ4v) is 8.46. The van der Waals surface area contributed by atoms with Crippen molar-refractivity contribution in [3.8, 4) is 5.75 Å². The van der Waals surface area contributed by atoms with Gasteiger partial charge in [0.25, 0.3) is 0 Å². The number of aromatic nitrogens is 1. The number of hydrogen-bond acceptors (Lipinski definition) is 4. The Bertz CT molecular complexity index is 1160. The summed E-state index contributed by atoms with van der Waals surface area (Å²) >= 11 is 0. The van der Waals surface area contributed by atoms with Crippen LogP contribution in [-0.4, -0.2) is 42.9 Å². The first kappa shape index (κ1) is 19.6. The zero-order valence-corrected chi connectivity index (χ0v) is 19.1. The Morgan fingerprint density at radius 3 is 2.50 bits per heavy atom. The third kappa shape index (κ3) is 2.86. The highest BCUT2D eigenvalue weighted by Crippen LogP contribution is 2.87. The normalized spacial score (nSPS) is 39.8. The highest BCUT2D eigenvalue weighted by atomic mass is 32.2. The molecule has 3 N–H and O–H groups in total. The van der Waals surface area contributed by atoms with Gasteiger partial charge in [-0.25, -0.2) is 0 Å². The third-order valence-corrected chi connectivity index (χ3v) is 10.8. The van der Waals surface area contributed by atoms with E-state index in [1.807, 2.05) is 0 Å². The minimum Gasteiger partial charge on any atom is -0.493 e. The average molecular weight is 458 g/mol. The van der Waals surface area contributed by atoms with Crippen LogP contribution in [-0.2, 0) is 10.2 Å². The van der Waals surface area contributed by atoms with Gasteiger partial charge in [0.15, 0.2) is 0 Å². The largest absolute Gasteiger partial charge is 0.493 e. The van der Waals surface area contributed by atoms with Gasteiger partial charge in [-0.05, 0) is 85.9 Å². The Morgan fingerprint density at radius 1 is 1.22 bits per heavy atom. The van der Waals surface area contributed by atoms with Gasteiger partial charge in [-0.2, -0.15) is 12.7 Å². The number of nitrogens with zero attached hydrogens (tertiary/aromatic N) is 3. The molecule has 1 saturated heterocycles. The van der Waals surface area contributed by atoms with Crippen LogP contribution in [0, 0.1) is 40.4 Å². The minimum atomic E-state index is -3.79. The second kappa shape index (κ2) is 6.38. The molecule has 0 amide bonds. The van der Waals surface area contributed by atoms with Crippen molar-refractivity contribution in [3.63, 3.8) is 0 Å². The maximum Gasteiger partial charge on any atom is 0.325 e. The molecule has 1 spiro atoms. The van der Waals surface area contributed by atoms with Crippen molar-refractivity contribution < 1.29 is 13.2 Å². The number of fused-ring (bicyclic) bond motifs is 3. The van der Waals surface area contributed by atoms with Crippen LogP contribution in [0.5, 0.6) is 5.75 Å². The summed E-state index contributed by atoms with van der Waals surface area (Å²) in [6.45, 7) is 1.67. The van der Waals surface area contributed by atoms with Crippen molar-refractivity contribution >= 4 is 16.2 Å². The van der Waals surface area contributed by atoms with Gasteiger partial charge in [-0.3, -0.25) is 9.98 Å². The molecule has 5 aliphatic carbocycles. The highest BCUT2D eigenvalue weighted by molar-refractivity contribution is 7.88. The molecule has 1 aromatic heterocycles. The molecule has 5 saturated carbocycles. The highest BCUT2D eigenvalue weighted by Gasteiger charge is 2.80. The Balaban J connectivity index is 1.09. The fraction of sp³-hybridized carbons (Fsp3) is 0.739. The number of pyridine rings is 1. The van der Waals surface area contributed by atoms with Gasteiger partial charge in [-0.15, -0.1) is 4.40 Å². The lowest BCUT2D eigenvalue weighted by atomic mass is 9.92. The number of nitrogens with one attached hydrogen (secondary N) is 1. The van der Waals surface area contributed by atoms with Gasteiger partial charge in [0, 0.05) is 30.9 Å². The molecule has 1 aromatic rings. The van der Waals surface area contributed by atoms with Crippen LogP contribution in [0.3, 0.4) is 0 Å². The summed E-state index contributed by atoms with van der Waals surface area (Å²) in [6.07, 6.45) is 10.4. The SMILES string of the molecule is N=c1cc(OCC2CC3C(C2)C2CC24CC34)c(C2CC2)cn1C(N)=NS(=O)(=O)N1CCC1. The number of nitrogens with two attached hydrogens (primary N) is 1. The number of hydrogen-bond donors (Lipinski definition) is 2. The zero-order chi connectivity index (χ0) is 21.8. The number of ether oxygens (including phenoxy) is 1. The van der Waals surface area contributed by atoms with Crippen LogP contribution in [0.4, 0.5) is 0 Å². The monoisotopic (exact) mass is 457 g/mol. The maximum absolute atomic E-state index is 12.3. The first-order valence-electron chi connectivity index (χ1n) is 12.2. The van der Waals surface area contributed by atoms with Gasteiger partial charge in [-0.1, -0.05) is 0 Å². The van der Waals surface area contributed by atoms with E-state index in [2.05, 4.69) is 4.40 Å².